The van der Waals surface area contributed by atoms with Crippen molar-refractivity contribution in [2.75, 3.05) is 11.3 Å². The van der Waals surface area contributed by atoms with Crippen LogP contribution in [0.3, 0.4) is 0 Å². The highest BCUT2D eigenvalue weighted by Crippen LogP contribution is 2.24. The van der Waals surface area contributed by atoms with Gasteiger partial charge in [-0.2, -0.15) is 5.10 Å². The van der Waals surface area contributed by atoms with Crippen LogP contribution >= 0.6 is 0 Å². The fraction of sp³-hybridized carbons (Fsp3) is 0.190. The average molecular weight is 442 g/mol. The number of nitrogens with zero attached hydrogens (tertiary/aromatic N) is 2. The summed E-state index contributed by atoms with van der Waals surface area (Å²) in [5.74, 6) is -1.77. The molecule has 0 spiro atoms. The molecule has 0 aliphatic carbocycles. The van der Waals surface area contributed by atoms with E-state index < -0.39 is 28.4 Å². The zero-order chi connectivity index (χ0) is 22.6. The Kier molecular flexibility index (Phi) is 6.40. The minimum atomic E-state index is -3.92. The Morgan fingerprint density at radius 3 is 2.29 bits per heavy atom. The van der Waals surface area contributed by atoms with E-state index in [0.29, 0.717) is 23.6 Å². The molecule has 10 heteroatoms. The van der Waals surface area contributed by atoms with Gasteiger partial charge in [0.2, 0.25) is 0 Å². The van der Waals surface area contributed by atoms with Crippen LogP contribution in [0.5, 0.6) is 0 Å². The average Bonchev–Trinajstić information content (AvgIpc) is 3.00. The van der Waals surface area contributed by atoms with Crippen LogP contribution in [0, 0.1) is 13.8 Å². The Balaban J connectivity index is 1.78. The summed E-state index contributed by atoms with van der Waals surface area (Å²) < 4.78 is 30.0. The van der Waals surface area contributed by atoms with E-state index in [1.165, 1.54) is 24.3 Å². The molecule has 0 fully saturated rings. The molecule has 0 unspecified atom stereocenters. The van der Waals surface area contributed by atoms with Gasteiger partial charge < -0.3 is 10.4 Å². The maximum Gasteiger partial charge on any atom is 0.322 e. The zero-order valence-corrected chi connectivity index (χ0v) is 17.8. The molecule has 0 atom stereocenters. The topological polar surface area (TPSA) is 130 Å². The van der Waals surface area contributed by atoms with E-state index in [0.717, 1.165) is 5.56 Å². The van der Waals surface area contributed by atoms with Crippen molar-refractivity contribution in [1.82, 2.24) is 15.1 Å². The molecule has 1 amide bonds. The monoisotopic (exact) mass is 442 g/mol. The van der Waals surface area contributed by atoms with Gasteiger partial charge in [0.1, 0.15) is 6.54 Å². The molecule has 9 nitrogen and oxygen atoms in total. The Bertz CT molecular complexity index is 1200. The summed E-state index contributed by atoms with van der Waals surface area (Å²) >= 11 is 0. The van der Waals surface area contributed by atoms with E-state index in [4.69, 9.17) is 5.11 Å². The van der Waals surface area contributed by atoms with Gasteiger partial charge in [-0.15, -0.1) is 0 Å². The lowest BCUT2D eigenvalue weighted by Crippen LogP contribution is -2.29. The second-order valence-corrected chi connectivity index (χ2v) is 8.58. The minimum absolute atomic E-state index is 0.0307. The van der Waals surface area contributed by atoms with Gasteiger partial charge in [-0.3, -0.25) is 19.0 Å². The van der Waals surface area contributed by atoms with Gasteiger partial charge in [-0.05, 0) is 43.7 Å². The molecule has 162 valence electrons. The summed E-state index contributed by atoms with van der Waals surface area (Å²) in [6, 6.07) is 14.9. The first-order valence-electron chi connectivity index (χ1n) is 9.38. The molecule has 0 bridgehead atoms. The fourth-order valence-electron chi connectivity index (χ4n) is 2.99. The number of carboxylic acid groups (broad SMARTS) is 1. The van der Waals surface area contributed by atoms with Crippen molar-refractivity contribution >= 4 is 27.6 Å². The predicted molar refractivity (Wildman–Crippen MR) is 114 cm³/mol. The number of carbonyl (C=O) groups is 2. The zero-order valence-electron chi connectivity index (χ0n) is 17.0. The van der Waals surface area contributed by atoms with E-state index >= 15 is 0 Å². The Morgan fingerprint density at radius 2 is 1.68 bits per heavy atom. The number of amides is 1. The van der Waals surface area contributed by atoms with Crippen molar-refractivity contribution in [2.24, 2.45) is 0 Å². The van der Waals surface area contributed by atoms with Gasteiger partial charge in [0.05, 0.1) is 28.5 Å². The first-order valence-corrected chi connectivity index (χ1v) is 10.9. The number of nitrogens with one attached hydrogen (secondary N) is 2. The van der Waals surface area contributed by atoms with E-state index in [1.54, 1.807) is 18.5 Å². The Labute approximate surface area is 179 Å². The van der Waals surface area contributed by atoms with E-state index in [-0.39, 0.29) is 10.5 Å². The number of benzene rings is 2. The summed E-state index contributed by atoms with van der Waals surface area (Å²) in [5.41, 5.74) is 2.82. The summed E-state index contributed by atoms with van der Waals surface area (Å²) in [6.45, 7) is 3.50. The molecule has 31 heavy (non-hydrogen) atoms. The number of carbonyl (C=O) groups excluding carboxylic acids is 1. The highest BCUT2D eigenvalue weighted by atomic mass is 32.2. The van der Waals surface area contributed by atoms with Crippen LogP contribution in [-0.2, 0) is 21.4 Å². The summed E-state index contributed by atoms with van der Waals surface area (Å²) in [7, 11) is -3.92. The molecule has 3 aromatic rings. The Hall–Kier alpha value is -3.66. The quantitative estimate of drug-likeness (QED) is 0.490. The second kappa shape index (κ2) is 9.00. The molecule has 0 aliphatic heterocycles. The molecule has 0 radical (unpaired) electrons. The van der Waals surface area contributed by atoms with Gasteiger partial charge >= 0.3 is 5.97 Å². The highest BCUT2D eigenvalue weighted by Gasteiger charge is 2.20. The number of sulfonamides is 1. The summed E-state index contributed by atoms with van der Waals surface area (Å²) in [5, 5.41) is 15.3. The molecule has 1 heterocycles. The number of aliphatic carboxylic acids is 1. The third kappa shape index (κ3) is 5.28. The normalized spacial score (nSPS) is 11.2. The SMILES string of the molecule is Cc1nn(Cc2ccccc2)c(C)c1NS(=O)(=O)c1ccc(C(=O)NCC(=O)O)cc1. The number of aryl methyl sites for hydroxylation is 1. The van der Waals surface area contributed by atoms with Gasteiger partial charge in [0.25, 0.3) is 15.9 Å². The second-order valence-electron chi connectivity index (χ2n) is 6.90. The maximum atomic E-state index is 12.8. The molecular formula is C21H22N4O5S. The third-order valence-corrected chi connectivity index (χ3v) is 5.99. The van der Waals surface area contributed by atoms with Crippen molar-refractivity contribution in [1.29, 1.82) is 0 Å². The number of rotatable bonds is 8. The molecule has 3 N–H and O–H groups in total. The van der Waals surface area contributed by atoms with Crippen LogP contribution in [0.1, 0.15) is 27.3 Å². The van der Waals surface area contributed by atoms with Crippen LogP contribution < -0.4 is 10.0 Å². The minimum Gasteiger partial charge on any atom is -0.480 e. The standard InChI is InChI=1S/C21H22N4O5S/c1-14-20(15(2)25(23-14)13-16-6-4-3-5-7-16)24-31(29,30)18-10-8-17(9-11-18)21(28)22-12-19(26)27/h3-11,24H,12-13H2,1-2H3,(H,22,28)(H,26,27). The smallest absolute Gasteiger partial charge is 0.322 e. The molecular weight excluding hydrogens is 420 g/mol. The first kappa shape index (κ1) is 22.0. The van der Waals surface area contributed by atoms with E-state index in [9.17, 15) is 18.0 Å². The largest absolute Gasteiger partial charge is 0.480 e. The predicted octanol–water partition coefficient (Wildman–Crippen LogP) is 2.16. The number of anilines is 1. The van der Waals surface area contributed by atoms with Crippen molar-refractivity contribution < 1.29 is 23.1 Å². The molecule has 2 aromatic carbocycles. The van der Waals surface area contributed by atoms with E-state index in [1.807, 2.05) is 30.3 Å². The molecule has 3 rings (SSSR count). The lowest BCUT2D eigenvalue weighted by Gasteiger charge is -2.10. The first-order chi connectivity index (χ1) is 14.7. The van der Waals surface area contributed by atoms with Gasteiger partial charge in [-0.1, -0.05) is 30.3 Å². The number of carboxylic acids is 1. The molecule has 0 saturated heterocycles. The van der Waals surface area contributed by atoms with Crippen molar-refractivity contribution in [2.45, 2.75) is 25.3 Å². The lowest BCUT2D eigenvalue weighted by atomic mass is 10.2. The fourth-order valence-corrected chi connectivity index (χ4v) is 4.17. The van der Waals surface area contributed by atoms with Gasteiger partial charge in [-0.25, -0.2) is 8.42 Å². The summed E-state index contributed by atoms with van der Waals surface area (Å²) in [4.78, 5) is 22.4. The van der Waals surface area contributed by atoms with Crippen LogP contribution in [0.2, 0.25) is 0 Å². The van der Waals surface area contributed by atoms with Crippen molar-refractivity contribution in [3.63, 3.8) is 0 Å². The molecule has 0 aliphatic rings. The van der Waals surface area contributed by atoms with E-state index in [2.05, 4.69) is 15.1 Å². The van der Waals surface area contributed by atoms with Crippen LogP contribution in [0.15, 0.2) is 59.5 Å². The lowest BCUT2D eigenvalue weighted by molar-refractivity contribution is -0.135. The third-order valence-electron chi connectivity index (χ3n) is 4.62. The number of aromatic nitrogens is 2. The number of hydrogen-bond acceptors (Lipinski definition) is 5. The number of hydrogen-bond donors (Lipinski definition) is 3. The van der Waals surface area contributed by atoms with Crippen LogP contribution in [0.4, 0.5) is 5.69 Å². The van der Waals surface area contributed by atoms with Crippen LogP contribution in [-0.4, -0.2) is 41.7 Å². The highest BCUT2D eigenvalue weighted by molar-refractivity contribution is 7.92. The molecule has 1 aromatic heterocycles. The van der Waals surface area contributed by atoms with Crippen molar-refractivity contribution in [3.8, 4) is 0 Å². The maximum absolute atomic E-state index is 12.8. The summed E-state index contributed by atoms with van der Waals surface area (Å²) in [6.07, 6.45) is 0. The van der Waals surface area contributed by atoms with Crippen LogP contribution in [0.25, 0.3) is 0 Å². The Morgan fingerprint density at radius 1 is 1.03 bits per heavy atom. The van der Waals surface area contributed by atoms with Gasteiger partial charge in [0.15, 0.2) is 0 Å². The van der Waals surface area contributed by atoms with Gasteiger partial charge in [0, 0.05) is 5.56 Å². The molecule has 0 saturated carbocycles. The van der Waals surface area contributed by atoms with Crippen molar-refractivity contribution in [3.05, 3.63) is 77.1 Å².